The second-order valence-corrected chi connectivity index (χ2v) is 4.13. The minimum atomic E-state index is -1.36. The van der Waals surface area contributed by atoms with E-state index in [-0.39, 0.29) is 22.6 Å². The Morgan fingerprint density at radius 3 is 2.38 bits per heavy atom. The van der Waals surface area contributed by atoms with E-state index in [9.17, 15) is 19.1 Å². The van der Waals surface area contributed by atoms with Crippen molar-refractivity contribution in [3.05, 3.63) is 53.3 Å². The Bertz CT molecular complexity index is 729. The Labute approximate surface area is 118 Å². The molecule has 2 aromatic rings. The molecule has 0 aliphatic rings. The number of amides is 1. The highest BCUT2D eigenvalue weighted by Gasteiger charge is 2.17. The maximum Gasteiger partial charge on any atom is 0.339 e. The molecule has 6 nitrogen and oxygen atoms in total. The average molecular weight is 291 g/mol. The summed E-state index contributed by atoms with van der Waals surface area (Å²) < 4.78 is 13.5. The lowest BCUT2D eigenvalue weighted by atomic mass is 10.1. The molecule has 0 saturated carbocycles. The summed E-state index contributed by atoms with van der Waals surface area (Å²) in [5, 5.41) is 29.9. The van der Waals surface area contributed by atoms with E-state index < -0.39 is 23.4 Å². The van der Waals surface area contributed by atoms with Crippen molar-refractivity contribution in [1.29, 1.82) is 0 Å². The van der Waals surface area contributed by atoms with Crippen molar-refractivity contribution in [3.63, 3.8) is 0 Å². The number of aromatic carboxylic acids is 1. The first-order valence-electron chi connectivity index (χ1n) is 5.75. The molecule has 0 aliphatic carbocycles. The highest BCUT2D eigenvalue weighted by Crippen LogP contribution is 2.28. The summed E-state index contributed by atoms with van der Waals surface area (Å²) in [6, 6.07) is 6.73. The molecule has 0 bridgehead atoms. The van der Waals surface area contributed by atoms with Crippen molar-refractivity contribution >= 4 is 17.6 Å². The van der Waals surface area contributed by atoms with Gasteiger partial charge in [-0.05, 0) is 24.3 Å². The van der Waals surface area contributed by atoms with Crippen LogP contribution in [-0.4, -0.2) is 27.2 Å². The maximum atomic E-state index is 13.5. The second-order valence-electron chi connectivity index (χ2n) is 4.13. The zero-order valence-electron chi connectivity index (χ0n) is 10.5. The van der Waals surface area contributed by atoms with Crippen LogP contribution in [0.5, 0.6) is 11.5 Å². The third kappa shape index (κ3) is 2.92. The van der Waals surface area contributed by atoms with Gasteiger partial charge in [0.05, 0.1) is 11.3 Å². The number of halogens is 1. The number of carboxylic acids is 1. The summed E-state index contributed by atoms with van der Waals surface area (Å²) in [4.78, 5) is 22.7. The standard InChI is InChI=1S/C14H10FNO5/c15-10-6-7(17)4-5-8(10)13(19)16-11-3-1-2-9(12(11)18)14(20)21/h1-6,17-18H,(H,16,19)(H,20,21). The molecular weight excluding hydrogens is 281 g/mol. The Morgan fingerprint density at radius 1 is 1.05 bits per heavy atom. The van der Waals surface area contributed by atoms with Crippen LogP contribution >= 0.6 is 0 Å². The number of phenols is 2. The first-order chi connectivity index (χ1) is 9.90. The number of carbonyl (C=O) groups excluding carboxylic acids is 1. The molecule has 0 atom stereocenters. The summed E-state index contributed by atoms with van der Waals surface area (Å²) in [6.07, 6.45) is 0. The van der Waals surface area contributed by atoms with E-state index in [2.05, 4.69) is 5.32 Å². The minimum absolute atomic E-state index is 0.160. The van der Waals surface area contributed by atoms with Crippen LogP contribution in [0.2, 0.25) is 0 Å². The first-order valence-corrected chi connectivity index (χ1v) is 5.75. The maximum absolute atomic E-state index is 13.5. The molecule has 2 rings (SSSR count). The molecule has 0 unspecified atom stereocenters. The molecule has 0 aliphatic heterocycles. The Morgan fingerprint density at radius 2 is 1.76 bits per heavy atom. The number of phenolic OH excluding ortho intramolecular Hbond substituents is 1. The number of hydrogen-bond acceptors (Lipinski definition) is 4. The number of anilines is 1. The van der Waals surface area contributed by atoms with E-state index in [1.807, 2.05) is 0 Å². The smallest absolute Gasteiger partial charge is 0.339 e. The number of carbonyl (C=O) groups is 2. The van der Waals surface area contributed by atoms with E-state index in [0.29, 0.717) is 0 Å². The fraction of sp³-hybridized carbons (Fsp3) is 0. The van der Waals surface area contributed by atoms with E-state index >= 15 is 0 Å². The largest absolute Gasteiger partial charge is 0.508 e. The van der Waals surface area contributed by atoms with Gasteiger partial charge in [0.1, 0.15) is 17.1 Å². The zero-order chi connectivity index (χ0) is 15.6. The number of aromatic hydroxyl groups is 2. The fourth-order valence-electron chi connectivity index (χ4n) is 1.69. The van der Waals surface area contributed by atoms with Gasteiger partial charge in [-0.1, -0.05) is 6.07 Å². The van der Waals surface area contributed by atoms with E-state index in [4.69, 9.17) is 10.2 Å². The van der Waals surface area contributed by atoms with E-state index in [0.717, 1.165) is 24.3 Å². The number of hydrogen-bond donors (Lipinski definition) is 4. The summed E-state index contributed by atoms with van der Waals surface area (Å²) in [6.45, 7) is 0. The molecule has 0 fully saturated rings. The quantitative estimate of drug-likeness (QED) is 0.648. The first kappa shape index (κ1) is 14.3. The molecule has 0 radical (unpaired) electrons. The van der Waals surface area contributed by atoms with Crippen molar-refractivity contribution in [2.24, 2.45) is 0 Å². The van der Waals surface area contributed by atoms with E-state index in [1.54, 1.807) is 0 Å². The molecule has 108 valence electrons. The molecule has 4 N–H and O–H groups in total. The predicted molar refractivity (Wildman–Crippen MR) is 71.1 cm³/mol. The van der Waals surface area contributed by atoms with Crippen molar-refractivity contribution in [2.75, 3.05) is 5.32 Å². The molecule has 2 aromatic carbocycles. The van der Waals surface area contributed by atoms with Gasteiger partial charge in [-0.2, -0.15) is 0 Å². The molecule has 7 heteroatoms. The van der Waals surface area contributed by atoms with Crippen molar-refractivity contribution in [2.45, 2.75) is 0 Å². The molecule has 0 heterocycles. The lowest BCUT2D eigenvalue weighted by molar-refractivity contribution is 0.0693. The van der Waals surface area contributed by atoms with Gasteiger partial charge in [-0.25, -0.2) is 9.18 Å². The van der Waals surface area contributed by atoms with Crippen LogP contribution < -0.4 is 5.32 Å². The predicted octanol–water partition coefficient (Wildman–Crippen LogP) is 2.19. The van der Waals surface area contributed by atoms with Gasteiger partial charge in [0.2, 0.25) is 0 Å². The van der Waals surface area contributed by atoms with Crippen LogP contribution in [-0.2, 0) is 0 Å². The summed E-state index contributed by atoms with van der Waals surface area (Å²) in [5.41, 5.74) is -0.903. The Balaban J connectivity index is 2.32. The number of rotatable bonds is 3. The van der Waals surface area contributed by atoms with E-state index in [1.165, 1.54) is 12.1 Å². The molecule has 1 amide bonds. The van der Waals surface area contributed by atoms with Gasteiger partial charge < -0.3 is 20.6 Å². The van der Waals surface area contributed by atoms with Crippen LogP contribution in [0.3, 0.4) is 0 Å². The molecular formula is C14H10FNO5. The van der Waals surface area contributed by atoms with Crippen molar-refractivity contribution < 1.29 is 29.3 Å². The number of para-hydroxylation sites is 1. The summed E-state index contributed by atoms with van der Waals surface area (Å²) >= 11 is 0. The SMILES string of the molecule is O=C(Nc1cccc(C(=O)O)c1O)c1ccc(O)cc1F. The highest BCUT2D eigenvalue weighted by atomic mass is 19.1. The number of carboxylic acid groups (broad SMARTS) is 1. The average Bonchev–Trinajstić information content (AvgIpc) is 2.40. The Hall–Kier alpha value is -3.09. The van der Waals surface area contributed by atoms with Gasteiger partial charge >= 0.3 is 5.97 Å². The van der Waals surface area contributed by atoms with Crippen LogP contribution in [0.15, 0.2) is 36.4 Å². The van der Waals surface area contributed by atoms with Crippen LogP contribution in [0.25, 0.3) is 0 Å². The normalized spacial score (nSPS) is 10.1. The lowest BCUT2D eigenvalue weighted by Gasteiger charge is -2.09. The van der Waals surface area contributed by atoms with Gasteiger partial charge in [0, 0.05) is 6.07 Å². The minimum Gasteiger partial charge on any atom is -0.508 e. The summed E-state index contributed by atoms with van der Waals surface area (Å²) in [5.74, 6) is -4.15. The Kier molecular flexibility index (Phi) is 3.75. The second kappa shape index (κ2) is 5.49. The summed E-state index contributed by atoms with van der Waals surface area (Å²) in [7, 11) is 0. The van der Waals surface area contributed by atoms with Crippen molar-refractivity contribution in [3.8, 4) is 11.5 Å². The molecule has 0 aromatic heterocycles. The third-order valence-corrected chi connectivity index (χ3v) is 2.71. The molecule has 0 saturated heterocycles. The van der Waals surface area contributed by atoms with Gasteiger partial charge in [0.15, 0.2) is 5.75 Å². The van der Waals surface area contributed by atoms with Crippen LogP contribution in [0.4, 0.5) is 10.1 Å². The number of nitrogens with one attached hydrogen (secondary N) is 1. The van der Waals surface area contributed by atoms with Gasteiger partial charge in [-0.3, -0.25) is 4.79 Å². The number of benzene rings is 2. The highest BCUT2D eigenvalue weighted by molar-refractivity contribution is 6.06. The third-order valence-electron chi connectivity index (χ3n) is 2.71. The van der Waals surface area contributed by atoms with Crippen LogP contribution in [0, 0.1) is 5.82 Å². The topological polar surface area (TPSA) is 107 Å². The fourth-order valence-corrected chi connectivity index (χ4v) is 1.69. The monoisotopic (exact) mass is 291 g/mol. The van der Waals surface area contributed by atoms with Crippen LogP contribution in [0.1, 0.15) is 20.7 Å². The lowest BCUT2D eigenvalue weighted by Crippen LogP contribution is -2.14. The molecule has 0 spiro atoms. The van der Waals surface area contributed by atoms with Crippen molar-refractivity contribution in [1.82, 2.24) is 0 Å². The van der Waals surface area contributed by atoms with Gasteiger partial charge in [-0.15, -0.1) is 0 Å². The van der Waals surface area contributed by atoms with Gasteiger partial charge in [0.25, 0.3) is 5.91 Å². The molecule has 21 heavy (non-hydrogen) atoms. The zero-order valence-corrected chi connectivity index (χ0v) is 10.5.